The van der Waals surface area contributed by atoms with Gasteiger partial charge in [-0.1, -0.05) is 0 Å². The van der Waals surface area contributed by atoms with Gasteiger partial charge in [-0.3, -0.25) is 0 Å². The van der Waals surface area contributed by atoms with E-state index >= 15 is 0 Å². The molecular weight excluding hydrogens is 489 g/mol. The Morgan fingerprint density at radius 2 is 1.43 bits per heavy atom. The normalized spacial score (nSPS) is 7.71. The molecular formula is C2H6BiBr3O. The molecule has 0 rings (SSSR count). The van der Waals surface area contributed by atoms with E-state index in [0.717, 1.165) is 0 Å². The van der Waals surface area contributed by atoms with Crippen LogP contribution in [0.2, 0.25) is 0 Å². The second-order valence-electron chi connectivity index (χ2n) is 0.508. The molecule has 0 fully saturated rings. The van der Waals surface area contributed by atoms with Crippen LogP contribution in [-0.4, -0.2) is 26.4 Å². The first-order valence-corrected chi connectivity index (χ1v) is 24.1. The Kier molecular flexibility index (Phi) is 19.1. The maximum absolute atomic E-state index is 7.57. The Bertz CT molecular complexity index is 24.1. The predicted molar refractivity (Wildman–Crippen MR) is 45.3 cm³/mol. The van der Waals surface area contributed by atoms with Gasteiger partial charge in [-0.2, -0.15) is 0 Å². The SMILES string of the molecule is CCO.[Br][Bi]([Br])[Br]. The van der Waals surface area contributed by atoms with E-state index < -0.39 is 14.7 Å². The van der Waals surface area contributed by atoms with Crippen molar-refractivity contribution < 1.29 is 5.11 Å². The number of hydrogen-bond donors (Lipinski definition) is 1. The summed E-state index contributed by atoms with van der Waals surface area (Å²) in [4.78, 5) is 0. The quantitative estimate of drug-likeness (QED) is 0.512. The molecule has 0 saturated carbocycles. The van der Waals surface area contributed by atoms with Gasteiger partial charge in [0.25, 0.3) is 0 Å². The van der Waals surface area contributed by atoms with Crippen LogP contribution in [0.4, 0.5) is 0 Å². The molecule has 7 heavy (non-hydrogen) atoms. The fourth-order valence-corrected chi connectivity index (χ4v) is 0. The molecule has 0 amide bonds. The van der Waals surface area contributed by atoms with Crippen molar-refractivity contribution in [3.05, 3.63) is 0 Å². The second kappa shape index (κ2) is 11.1. The molecule has 0 unspecified atom stereocenters. The van der Waals surface area contributed by atoms with E-state index in [-0.39, 0.29) is 6.61 Å². The Morgan fingerprint density at radius 3 is 1.43 bits per heavy atom. The molecule has 0 aliphatic heterocycles. The van der Waals surface area contributed by atoms with Crippen molar-refractivity contribution in [1.82, 2.24) is 0 Å². The third kappa shape index (κ3) is 62.7. The van der Waals surface area contributed by atoms with Gasteiger partial charge < -0.3 is 5.11 Å². The molecule has 0 heterocycles. The fraction of sp³-hybridized carbons (Fsp3) is 1.00. The van der Waals surface area contributed by atoms with Gasteiger partial charge in [0.1, 0.15) is 0 Å². The molecule has 0 aliphatic rings. The molecule has 0 aliphatic carbocycles. The summed E-state index contributed by atoms with van der Waals surface area (Å²) in [5.41, 5.74) is 0. The summed E-state index contributed by atoms with van der Waals surface area (Å²) >= 11 is 8.77. The van der Waals surface area contributed by atoms with Crippen LogP contribution >= 0.6 is 36.7 Å². The van der Waals surface area contributed by atoms with Crippen LogP contribution < -0.4 is 0 Å². The first-order chi connectivity index (χ1) is 3.15. The van der Waals surface area contributed by atoms with E-state index in [4.69, 9.17) is 5.11 Å². The zero-order chi connectivity index (χ0) is 6.28. The van der Waals surface area contributed by atoms with Gasteiger partial charge in [0, 0.05) is 6.61 Å². The van der Waals surface area contributed by atoms with Gasteiger partial charge in [0.2, 0.25) is 0 Å². The molecule has 0 bridgehead atoms. The summed E-state index contributed by atoms with van der Waals surface area (Å²) in [6.45, 7) is 1.93. The molecule has 0 aromatic carbocycles. The molecule has 0 radical (unpaired) electrons. The molecule has 0 saturated heterocycles. The number of aliphatic hydroxyl groups is 1. The first-order valence-electron chi connectivity index (χ1n) is 1.53. The van der Waals surface area contributed by atoms with E-state index in [2.05, 4.69) is 36.7 Å². The van der Waals surface area contributed by atoms with Crippen LogP contribution in [0.5, 0.6) is 0 Å². The molecule has 0 atom stereocenters. The average molecular weight is 495 g/mol. The molecule has 0 spiro atoms. The van der Waals surface area contributed by atoms with Crippen molar-refractivity contribution >= 4 is 51.4 Å². The molecule has 0 aromatic heterocycles. The fourth-order valence-electron chi connectivity index (χ4n) is 0. The van der Waals surface area contributed by atoms with Crippen LogP contribution in [0.15, 0.2) is 0 Å². The van der Waals surface area contributed by atoms with E-state index in [0.29, 0.717) is 0 Å². The third-order valence-corrected chi connectivity index (χ3v) is 0. The summed E-state index contributed by atoms with van der Waals surface area (Å²) in [5.74, 6) is 0. The van der Waals surface area contributed by atoms with E-state index in [1.165, 1.54) is 0 Å². The first kappa shape index (κ1) is 12.0. The van der Waals surface area contributed by atoms with Gasteiger partial charge in [0.05, 0.1) is 0 Å². The van der Waals surface area contributed by atoms with Crippen molar-refractivity contribution in [1.29, 1.82) is 0 Å². The molecule has 46 valence electrons. The predicted octanol–water partition coefficient (Wildman–Crippen LogP) is 2.15. The van der Waals surface area contributed by atoms with Gasteiger partial charge >= 0.3 is 51.4 Å². The Morgan fingerprint density at radius 1 is 1.43 bits per heavy atom. The summed E-state index contributed by atoms with van der Waals surface area (Å²) < 4.78 is 0. The van der Waals surface area contributed by atoms with Gasteiger partial charge in [-0.15, -0.1) is 0 Å². The van der Waals surface area contributed by atoms with Crippen LogP contribution in [0.1, 0.15) is 6.92 Å². The summed E-state index contributed by atoms with van der Waals surface area (Å²) in [5, 5.41) is 7.57. The zero-order valence-electron chi connectivity index (χ0n) is 3.74. The average Bonchev–Trinajstić information content (AvgIpc) is 1.33. The third-order valence-electron chi connectivity index (χ3n) is 0. The second-order valence-corrected chi connectivity index (χ2v) is 45.7. The van der Waals surface area contributed by atoms with Crippen molar-refractivity contribution in [2.75, 3.05) is 6.61 Å². The van der Waals surface area contributed by atoms with Crippen molar-refractivity contribution in [3.8, 4) is 0 Å². The zero-order valence-corrected chi connectivity index (χ0v) is 12.0. The Balaban J connectivity index is 0. The molecule has 1 N–H and O–H groups in total. The molecule has 5 heteroatoms. The van der Waals surface area contributed by atoms with Crippen LogP contribution in [0, 0.1) is 0 Å². The number of rotatable bonds is 0. The van der Waals surface area contributed by atoms with Gasteiger partial charge in [-0.25, -0.2) is 0 Å². The molecule has 0 aromatic rings. The number of aliphatic hydroxyl groups excluding tert-OH is 1. The topological polar surface area (TPSA) is 20.2 Å². The van der Waals surface area contributed by atoms with E-state index in [1.54, 1.807) is 6.92 Å². The number of hydrogen-bond acceptors (Lipinski definition) is 1. The number of halogens is 3. The minimum atomic E-state index is -1.16. The minimum absolute atomic E-state index is 0.250. The van der Waals surface area contributed by atoms with E-state index in [9.17, 15) is 0 Å². The van der Waals surface area contributed by atoms with E-state index in [1.807, 2.05) is 0 Å². The maximum atomic E-state index is 7.57. The molecule has 1 nitrogen and oxygen atoms in total. The van der Waals surface area contributed by atoms with Crippen molar-refractivity contribution in [2.45, 2.75) is 6.92 Å². The standard InChI is InChI=1S/C2H6O.Bi.3BrH/c1-2-3;;;;/h3H,2H2,1H3;;3*1H/q;+3;;;/p-3. The Hall–Kier alpha value is 2.28. The van der Waals surface area contributed by atoms with Gasteiger partial charge in [0.15, 0.2) is 0 Å². The summed E-state index contributed by atoms with van der Waals surface area (Å²) in [6, 6.07) is 0. The Labute approximate surface area is 68.9 Å². The van der Waals surface area contributed by atoms with Gasteiger partial charge in [-0.05, 0) is 6.92 Å². The summed E-state index contributed by atoms with van der Waals surface area (Å²) in [6.07, 6.45) is 0. The van der Waals surface area contributed by atoms with Crippen LogP contribution in [-0.2, 0) is 0 Å². The van der Waals surface area contributed by atoms with Crippen LogP contribution in [0.3, 0.4) is 0 Å². The van der Waals surface area contributed by atoms with Crippen molar-refractivity contribution in [3.63, 3.8) is 0 Å². The summed E-state index contributed by atoms with van der Waals surface area (Å²) in [7, 11) is 0. The van der Waals surface area contributed by atoms with Crippen molar-refractivity contribution in [2.24, 2.45) is 0 Å². The monoisotopic (exact) mass is 492 g/mol. The van der Waals surface area contributed by atoms with Crippen LogP contribution in [0.25, 0.3) is 0 Å².